The quantitative estimate of drug-likeness (QED) is 0.778. The van der Waals surface area contributed by atoms with Gasteiger partial charge in [-0.2, -0.15) is 0 Å². The molecule has 2 aliphatic heterocycles. The number of carbonyl (C=O) groups is 2. The summed E-state index contributed by atoms with van der Waals surface area (Å²) < 4.78 is 0. The van der Waals surface area contributed by atoms with E-state index in [-0.39, 0.29) is 24.3 Å². The molecular formula is C13H22N2O3. The third-order valence-corrected chi connectivity index (χ3v) is 4.02. The molecule has 2 aliphatic rings. The Morgan fingerprint density at radius 1 is 1.39 bits per heavy atom. The SMILES string of the molecule is CC1CCNC(C(=O)N2CCC(CC(=O)O)C2)C1. The Bertz CT molecular complexity index is 332. The second-order valence-corrected chi connectivity index (χ2v) is 5.67. The zero-order valence-electron chi connectivity index (χ0n) is 10.9. The standard InChI is InChI=1S/C13H22N2O3/c1-9-2-4-14-11(6-9)13(18)15-5-3-10(8-15)7-12(16)17/h9-11,14H,2-8H2,1H3,(H,16,17). The van der Waals surface area contributed by atoms with Crippen molar-refractivity contribution < 1.29 is 14.7 Å². The van der Waals surface area contributed by atoms with Gasteiger partial charge in [0, 0.05) is 19.5 Å². The summed E-state index contributed by atoms with van der Waals surface area (Å²) in [5, 5.41) is 12.0. The lowest BCUT2D eigenvalue weighted by Gasteiger charge is -2.30. The number of nitrogens with one attached hydrogen (secondary N) is 1. The number of rotatable bonds is 3. The molecule has 0 aromatic heterocycles. The van der Waals surface area contributed by atoms with Crippen LogP contribution in [0.2, 0.25) is 0 Å². The monoisotopic (exact) mass is 254 g/mol. The van der Waals surface area contributed by atoms with Gasteiger partial charge in [-0.25, -0.2) is 0 Å². The van der Waals surface area contributed by atoms with Gasteiger partial charge >= 0.3 is 5.97 Å². The number of carboxylic acids is 1. The van der Waals surface area contributed by atoms with E-state index in [1.807, 2.05) is 4.90 Å². The minimum Gasteiger partial charge on any atom is -0.481 e. The Kier molecular flexibility index (Phi) is 4.22. The van der Waals surface area contributed by atoms with Crippen molar-refractivity contribution >= 4 is 11.9 Å². The number of hydrogen-bond acceptors (Lipinski definition) is 3. The normalized spacial score (nSPS) is 32.5. The van der Waals surface area contributed by atoms with E-state index in [9.17, 15) is 9.59 Å². The molecule has 0 radical (unpaired) electrons. The van der Waals surface area contributed by atoms with Crippen molar-refractivity contribution in [1.82, 2.24) is 10.2 Å². The number of carbonyl (C=O) groups excluding carboxylic acids is 1. The fraction of sp³-hybridized carbons (Fsp3) is 0.846. The predicted molar refractivity (Wildman–Crippen MR) is 67.1 cm³/mol. The van der Waals surface area contributed by atoms with Gasteiger partial charge in [-0.1, -0.05) is 6.92 Å². The lowest BCUT2D eigenvalue weighted by Crippen LogP contribution is -2.49. The third kappa shape index (κ3) is 3.22. The number of aliphatic carboxylic acids is 1. The second-order valence-electron chi connectivity index (χ2n) is 5.67. The first kappa shape index (κ1) is 13.3. The first-order chi connectivity index (χ1) is 8.56. The number of carboxylic acid groups (broad SMARTS) is 1. The zero-order chi connectivity index (χ0) is 13.1. The summed E-state index contributed by atoms with van der Waals surface area (Å²) in [5.41, 5.74) is 0. The maximum absolute atomic E-state index is 12.3. The van der Waals surface area contributed by atoms with Crippen LogP contribution >= 0.6 is 0 Å². The summed E-state index contributed by atoms with van der Waals surface area (Å²) in [6, 6.07) is -0.0580. The molecule has 0 aromatic carbocycles. The molecule has 2 heterocycles. The molecule has 5 nitrogen and oxygen atoms in total. The maximum Gasteiger partial charge on any atom is 0.303 e. The number of hydrogen-bond donors (Lipinski definition) is 2. The zero-order valence-corrected chi connectivity index (χ0v) is 10.9. The lowest BCUT2D eigenvalue weighted by molar-refractivity contribution is -0.138. The maximum atomic E-state index is 12.3. The van der Waals surface area contributed by atoms with Crippen molar-refractivity contribution in [3.8, 4) is 0 Å². The summed E-state index contributed by atoms with van der Waals surface area (Å²) in [5.74, 6) is 0.123. The first-order valence-electron chi connectivity index (χ1n) is 6.80. The molecule has 2 saturated heterocycles. The van der Waals surface area contributed by atoms with Gasteiger partial charge in [-0.3, -0.25) is 9.59 Å². The number of likely N-dealkylation sites (tertiary alicyclic amines) is 1. The summed E-state index contributed by atoms with van der Waals surface area (Å²) in [4.78, 5) is 24.8. The van der Waals surface area contributed by atoms with Crippen LogP contribution in [0.15, 0.2) is 0 Å². The van der Waals surface area contributed by atoms with E-state index < -0.39 is 5.97 Å². The van der Waals surface area contributed by atoms with Crippen molar-refractivity contribution in [2.24, 2.45) is 11.8 Å². The van der Waals surface area contributed by atoms with Gasteiger partial charge in [0.2, 0.25) is 5.91 Å². The van der Waals surface area contributed by atoms with Gasteiger partial charge in [0.1, 0.15) is 0 Å². The van der Waals surface area contributed by atoms with Crippen molar-refractivity contribution in [3.05, 3.63) is 0 Å². The summed E-state index contributed by atoms with van der Waals surface area (Å²) in [6.07, 6.45) is 3.03. The minimum atomic E-state index is -0.765. The molecule has 5 heteroatoms. The molecule has 0 aliphatic carbocycles. The molecule has 3 unspecified atom stereocenters. The van der Waals surface area contributed by atoms with Crippen LogP contribution in [-0.2, 0) is 9.59 Å². The van der Waals surface area contributed by atoms with Crippen LogP contribution in [0.4, 0.5) is 0 Å². The molecular weight excluding hydrogens is 232 g/mol. The number of nitrogens with zero attached hydrogens (tertiary/aromatic N) is 1. The van der Waals surface area contributed by atoms with E-state index in [0.717, 1.165) is 25.8 Å². The van der Waals surface area contributed by atoms with Gasteiger partial charge in [-0.15, -0.1) is 0 Å². The first-order valence-corrected chi connectivity index (χ1v) is 6.80. The van der Waals surface area contributed by atoms with Crippen LogP contribution < -0.4 is 5.32 Å². The van der Waals surface area contributed by atoms with E-state index in [1.54, 1.807) is 0 Å². The molecule has 2 fully saturated rings. The van der Waals surface area contributed by atoms with Crippen molar-refractivity contribution in [1.29, 1.82) is 0 Å². The van der Waals surface area contributed by atoms with E-state index in [4.69, 9.17) is 5.11 Å². The topological polar surface area (TPSA) is 69.6 Å². The van der Waals surface area contributed by atoms with E-state index in [1.165, 1.54) is 0 Å². The van der Waals surface area contributed by atoms with E-state index >= 15 is 0 Å². The van der Waals surface area contributed by atoms with E-state index in [2.05, 4.69) is 12.2 Å². The molecule has 0 saturated carbocycles. The fourth-order valence-corrected chi connectivity index (χ4v) is 2.96. The molecule has 3 atom stereocenters. The molecule has 1 amide bonds. The molecule has 102 valence electrons. The average molecular weight is 254 g/mol. The number of amides is 1. The Hall–Kier alpha value is -1.10. The van der Waals surface area contributed by atoms with Crippen LogP contribution in [0, 0.1) is 11.8 Å². The van der Waals surface area contributed by atoms with E-state index in [0.29, 0.717) is 19.0 Å². The summed E-state index contributed by atoms with van der Waals surface area (Å²) >= 11 is 0. The van der Waals surface area contributed by atoms with Crippen molar-refractivity contribution in [2.75, 3.05) is 19.6 Å². The van der Waals surface area contributed by atoms with Crippen LogP contribution in [0.3, 0.4) is 0 Å². The predicted octanol–water partition coefficient (Wildman–Crippen LogP) is 0.698. The Morgan fingerprint density at radius 2 is 2.17 bits per heavy atom. The van der Waals surface area contributed by atoms with Gasteiger partial charge in [0.15, 0.2) is 0 Å². The largest absolute Gasteiger partial charge is 0.481 e. The molecule has 0 spiro atoms. The Labute approximate surface area is 108 Å². The summed E-state index contributed by atoms with van der Waals surface area (Å²) in [7, 11) is 0. The second kappa shape index (κ2) is 5.69. The highest BCUT2D eigenvalue weighted by atomic mass is 16.4. The highest BCUT2D eigenvalue weighted by Gasteiger charge is 2.33. The van der Waals surface area contributed by atoms with Crippen LogP contribution in [0.25, 0.3) is 0 Å². The highest BCUT2D eigenvalue weighted by Crippen LogP contribution is 2.23. The summed E-state index contributed by atoms with van der Waals surface area (Å²) in [6.45, 7) is 4.41. The van der Waals surface area contributed by atoms with Crippen LogP contribution in [0.1, 0.15) is 32.6 Å². The van der Waals surface area contributed by atoms with Crippen LogP contribution in [0.5, 0.6) is 0 Å². The van der Waals surface area contributed by atoms with Crippen molar-refractivity contribution in [2.45, 2.75) is 38.6 Å². The average Bonchev–Trinajstić information content (AvgIpc) is 2.75. The molecule has 18 heavy (non-hydrogen) atoms. The van der Waals surface area contributed by atoms with Crippen LogP contribution in [-0.4, -0.2) is 47.6 Å². The van der Waals surface area contributed by atoms with Gasteiger partial charge in [0.05, 0.1) is 6.04 Å². The van der Waals surface area contributed by atoms with Crippen molar-refractivity contribution in [3.63, 3.8) is 0 Å². The highest BCUT2D eigenvalue weighted by molar-refractivity contribution is 5.82. The Morgan fingerprint density at radius 3 is 2.83 bits per heavy atom. The number of piperidine rings is 1. The smallest absolute Gasteiger partial charge is 0.303 e. The minimum absolute atomic E-state index is 0.0580. The lowest BCUT2D eigenvalue weighted by atomic mass is 9.93. The molecule has 2 rings (SSSR count). The third-order valence-electron chi connectivity index (χ3n) is 4.02. The molecule has 2 N–H and O–H groups in total. The van der Waals surface area contributed by atoms with Gasteiger partial charge in [0.25, 0.3) is 0 Å². The van der Waals surface area contributed by atoms with Gasteiger partial charge in [-0.05, 0) is 37.6 Å². The fourth-order valence-electron chi connectivity index (χ4n) is 2.96. The Balaban J connectivity index is 1.85. The molecule has 0 aromatic rings. The van der Waals surface area contributed by atoms with Gasteiger partial charge < -0.3 is 15.3 Å². The molecule has 0 bridgehead atoms.